The average Bonchev–Trinajstić information content (AvgIpc) is 2.25. The summed E-state index contributed by atoms with van der Waals surface area (Å²) in [7, 11) is 0. The summed E-state index contributed by atoms with van der Waals surface area (Å²) in [6.07, 6.45) is 0.0613. The van der Waals surface area contributed by atoms with Crippen LogP contribution in [0.2, 0.25) is 0 Å². The van der Waals surface area contributed by atoms with E-state index < -0.39 is 17.8 Å². The van der Waals surface area contributed by atoms with Crippen LogP contribution in [0.25, 0.3) is 0 Å². The molecule has 0 saturated carbocycles. The van der Waals surface area contributed by atoms with Gasteiger partial charge in [-0.15, -0.1) is 0 Å². The highest BCUT2D eigenvalue weighted by atomic mass is 19.1. The van der Waals surface area contributed by atoms with Gasteiger partial charge in [-0.2, -0.15) is 0 Å². The van der Waals surface area contributed by atoms with Gasteiger partial charge in [0.2, 0.25) is 5.91 Å². The smallest absolute Gasteiger partial charge is 0.305 e. The number of hydrogen-bond donors (Lipinski definition) is 2. The zero-order chi connectivity index (χ0) is 15.3. The number of nitrogens with one attached hydrogen (secondary N) is 1. The number of halogens is 1. The van der Waals surface area contributed by atoms with Crippen molar-refractivity contribution in [1.29, 1.82) is 0 Å². The molecule has 0 aliphatic carbocycles. The average molecular weight is 281 g/mol. The quantitative estimate of drug-likeness (QED) is 0.872. The Morgan fingerprint density at radius 3 is 2.25 bits per heavy atom. The van der Waals surface area contributed by atoms with Crippen LogP contribution in [0.1, 0.15) is 45.2 Å². The number of hydrogen-bond acceptors (Lipinski definition) is 2. The van der Waals surface area contributed by atoms with E-state index in [1.54, 1.807) is 0 Å². The predicted molar refractivity (Wildman–Crippen MR) is 73.6 cm³/mol. The highest BCUT2D eigenvalue weighted by Gasteiger charge is 2.21. The maximum absolute atomic E-state index is 12.9. The molecule has 1 rings (SSSR count). The van der Waals surface area contributed by atoms with Gasteiger partial charge in [0, 0.05) is 6.42 Å². The Morgan fingerprint density at radius 1 is 1.25 bits per heavy atom. The number of carboxylic acid groups (broad SMARTS) is 1. The maximum Gasteiger partial charge on any atom is 0.305 e. The van der Waals surface area contributed by atoms with Crippen LogP contribution in [0.5, 0.6) is 0 Å². The maximum atomic E-state index is 12.9. The van der Waals surface area contributed by atoms with Crippen molar-refractivity contribution in [1.82, 2.24) is 5.32 Å². The summed E-state index contributed by atoms with van der Waals surface area (Å²) in [5.41, 5.74) is 0.400. The molecule has 0 fully saturated rings. The highest BCUT2D eigenvalue weighted by molar-refractivity contribution is 5.78. The van der Waals surface area contributed by atoms with Gasteiger partial charge in [-0.3, -0.25) is 9.59 Å². The molecular weight excluding hydrogens is 261 g/mol. The zero-order valence-electron chi connectivity index (χ0n) is 11.9. The number of carbonyl (C=O) groups excluding carboxylic acids is 1. The van der Waals surface area contributed by atoms with Crippen LogP contribution >= 0.6 is 0 Å². The standard InChI is InChI=1S/C15H20FNO3/c1-15(2,3)9-13(18)17-12(8-14(19)20)10-4-6-11(16)7-5-10/h4-7,12H,8-9H2,1-3H3,(H,17,18)(H,19,20). The Labute approximate surface area is 118 Å². The minimum Gasteiger partial charge on any atom is -0.481 e. The molecule has 1 unspecified atom stereocenters. The molecule has 2 N–H and O–H groups in total. The van der Waals surface area contributed by atoms with Gasteiger partial charge in [0.15, 0.2) is 0 Å². The Kier molecular flexibility index (Phi) is 5.25. The summed E-state index contributed by atoms with van der Waals surface area (Å²) in [4.78, 5) is 22.8. The van der Waals surface area contributed by atoms with E-state index >= 15 is 0 Å². The van der Waals surface area contributed by atoms with Crippen LogP contribution in [0.3, 0.4) is 0 Å². The molecule has 20 heavy (non-hydrogen) atoms. The summed E-state index contributed by atoms with van der Waals surface area (Å²) < 4.78 is 12.9. The molecule has 5 heteroatoms. The van der Waals surface area contributed by atoms with Gasteiger partial charge in [-0.25, -0.2) is 4.39 Å². The lowest BCUT2D eigenvalue weighted by atomic mass is 9.91. The molecule has 0 heterocycles. The van der Waals surface area contributed by atoms with Gasteiger partial charge in [0.1, 0.15) is 5.82 Å². The third kappa shape index (κ3) is 5.82. The largest absolute Gasteiger partial charge is 0.481 e. The second kappa shape index (κ2) is 6.50. The summed E-state index contributed by atoms with van der Waals surface area (Å²) in [5.74, 6) is -1.63. The Bertz CT molecular complexity index is 477. The lowest BCUT2D eigenvalue weighted by Crippen LogP contribution is -2.32. The van der Waals surface area contributed by atoms with E-state index in [0.29, 0.717) is 12.0 Å². The van der Waals surface area contributed by atoms with E-state index in [-0.39, 0.29) is 17.7 Å². The Balaban J connectivity index is 2.82. The summed E-state index contributed by atoms with van der Waals surface area (Å²) in [6.45, 7) is 5.78. The second-order valence-corrected chi connectivity index (χ2v) is 6.01. The fraction of sp³-hybridized carbons (Fsp3) is 0.467. The van der Waals surface area contributed by atoms with Crippen LogP contribution in [0, 0.1) is 11.2 Å². The van der Waals surface area contributed by atoms with Gasteiger partial charge in [-0.05, 0) is 23.1 Å². The van der Waals surface area contributed by atoms with Crippen molar-refractivity contribution >= 4 is 11.9 Å². The molecule has 1 atom stereocenters. The SMILES string of the molecule is CC(C)(C)CC(=O)NC(CC(=O)O)c1ccc(F)cc1. The molecule has 0 saturated heterocycles. The predicted octanol–water partition coefficient (Wildman–Crippen LogP) is 2.89. The first-order chi connectivity index (χ1) is 9.17. The van der Waals surface area contributed by atoms with Crippen molar-refractivity contribution in [2.45, 2.75) is 39.7 Å². The Morgan fingerprint density at radius 2 is 1.80 bits per heavy atom. The summed E-state index contributed by atoms with van der Waals surface area (Å²) >= 11 is 0. The first-order valence-corrected chi connectivity index (χ1v) is 6.44. The van der Waals surface area contributed by atoms with Gasteiger partial charge in [0.25, 0.3) is 0 Å². The number of amides is 1. The van der Waals surface area contributed by atoms with Gasteiger partial charge in [0.05, 0.1) is 12.5 Å². The lowest BCUT2D eigenvalue weighted by molar-refractivity contribution is -0.137. The topological polar surface area (TPSA) is 66.4 Å². The molecule has 0 aromatic heterocycles. The van der Waals surface area contributed by atoms with Crippen LogP contribution in [-0.2, 0) is 9.59 Å². The summed E-state index contributed by atoms with van der Waals surface area (Å²) in [5, 5.41) is 11.6. The van der Waals surface area contributed by atoms with Gasteiger partial charge >= 0.3 is 5.97 Å². The van der Waals surface area contributed by atoms with Crippen molar-refractivity contribution in [3.8, 4) is 0 Å². The van der Waals surface area contributed by atoms with Crippen molar-refractivity contribution in [2.75, 3.05) is 0 Å². The minimum atomic E-state index is -1.02. The van der Waals surface area contributed by atoms with Crippen LogP contribution in [0.4, 0.5) is 4.39 Å². The minimum absolute atomic E-state index is 0.180. The molecule has 110 valence electrons. The molecule has 1 amide bonds. The van der Waals surface area contributed by atoms with E-state index in [1.165, 1.54) is 24.3 Å². The highest BCUT2D eigenvalue weighted by Crippen LogP contribution is 2.21. The van der Waals surface area contributed by atoms with Crippen molar-refractivity contribution in [2.24, 2.45) is 5.41 Å². The third-order valence-corrected chi connectivity index (χ3v) is 2.68. The molecule has 0 aliphatic heterocycles. The van der Waals surface area contributed by atoms with Crippen LogP contribution in [-0.4, -0.2) is 17.0 Å². The number of carboxylic acids is 1. The van der Waals surface area contributed by atoms with E-state index in [2.05, 4.69) is 5.32 Å². The van der Waals surface area contributed by atoms with Crippen molar-refractivity contribution < 1.29 is 19.1 Å². The number of aliphatic carboxylic acids is 1. The normalized spacial score (nSPS) is 12.8. The monoisotopic (exact) mass is 281 g/mol. The number of benzene rings is 1. The van der Waals surface area contributed by atoms with E-state index in [1.807, 2.05) is 20.8 Å². The first kappa shape index (κ1) is 16.1. The number of rotatable bonds is 5. The van der Waals surface area contributed by atoms with Gasteiger partial charge in [-0.1, -0.05) is 32.9 Å². The van der Waals surface area contributed by atoms with Crippen molar-refractivity contribution in [3.63, 3.8) is 0 Å². The fourth-order valence-electron chi connectivity index (χ4n) is 1.85. The molecule has 0 radical (unpaired) electrons. The lowest BCUT2D eigenvalue weighted by Gasteiger charge is -2.22. The summed E-state index contributed by atoms with van der Waals surface area (Å²) in [6, 6.07) is 4.82. The van der Waals surface area contributed by atoms with E-state index in [9.17, 15) is 14.0 Å². The molecule has 0 aliphatic rings. The van der Waals surface area contributed by atoms with Crippen LogP contribution < -0.4 is 5.32 Å². The van der Waals surface area contributed by atoms with Gasteiger partial charge < -0.3 is 10.4 Å². The number of carbonyl (C=O) groups is 2. The first-order valence-electron chi connectivity index (χ1n) is 6.44. The van der Waals surface area contributed by atoms with Crippen molar-refractivity contribution in [3.05, 3.63) is 35.6 Å². The molecule has 0 spiro atoms. The molecule has 0 bridgehead atoms. The molecular formula is C15H20FNO3. The van der Waals surface area contributed by atoms with E-state index in [4.69, 9.17) is 5.11 Å². The van der Waals surface area contributed by atoms with Crippen LogP contribution in [0.15, 0.2) is 24.3 Å². The second-order valence-electron chi connectivity index (χ2n) is 6.01. The Hall–Kier alpha value is -1.91. The molecule has 4 nitrogen and oxygen atoms in total. The molecule has 1 aromatic rings. The fourth-order valence-corrected chi connectivity index (χ4v) is 1.85. The third-order valence-electron chi connectivity index (χ3n) is 2.68. The molecule has 1 aromatic carbocycles. The van der Waals surface area contributed by atoms with E-state index in [0.717, 1.165) is 0 Å². The zero-order valence-corrected chi connectivity index (χ0v) is 11.9.